The van der Waals surface area contributed by atoms with Crippen LogP contribution in [0.1, 0.15) is 17.7 Å². The van der Waals surface area contributed by atoms with Crippen LogP contribution in [0.25, 0.3) is 0 Å². The fourth-order valence-electron chi connectivity index (χ4n) is 2.14. The highest BCUT2D eigenvalue weighted by Gasteiger charge is 2.19. The predicted molar refractivity (Wildman–Crippen MR) is 83.8 cm³/mol. The lowest BCUT2D eigenvalue weighted by atomic mass is 10.1. The van der Waals surface area contributed by atoms with Gasteiger partial charge >= 0.3 is 0 Å². The summed E-state index contributed by atoms with van der Waals surface area (Å²) in [6.45, 7) is 4.46. The van der Waals surface area contributed by atoms with E-state index in [0.29, 0.717) is 18.0 Å². The molecule has 0 unspecified atom stereocenters. The molecule has 20 heavy (non-hydrogen) atoms. The Bertz CT molecular complexity index is 539. The van der Waals surface area contributed by atoms with E-state index in [9.17, 15) is 8.42 Å². The first-order valence-corrected chi connectivity index (χ1v) is 9.66. The van der Waals surface area contributed by atoms with Gasteiger partial charge in [0.05, 0.1) is 21.4 Å². The van der Waals surface area contributed by atoms with Gasteiger partial charge in [-0.1, -0.05) is 0 Å². The summed E-state index contributed by atoms with van der Waals surface area (Å²) in [6.07, 6.45) is 2.23. The first-order chi connectivity index (χ1) is 9.49. The Morgan fingerprint density at radius 2 is 2.20 bits per heavy atom. The van der Waals surface area contributed by atoms with E-state index in [4.69, 9.17) is 4.74 Å². The molecule has 1 aliphatic rings. The van der Waals surface area contributed by atoms with E-state index in [1.165, 1.54) is 11.3 Å². The van der Waals surface area contributed by atoms with Gasteiger partial charge in [0.15, 0.2) is 0 Å². The number of thiophene rings is 1. The molecule has 0 saturated carbocycles. The van der Waals surface area contributed by atoms with Crippen LogP contribution in [0.15, 0.2) is 14.7 Å². The fourth-order valence-corrected chi connectivity index (χ4v) is 5.56. The van der Waals surface area contributed by atoms with E-state index >= 15 is 0 Å². The molecule has 0 atom stereocenters. The average Bonchev–Trinajstić information content (AvgIpc) is 2.76. The molecule has 1 saturated heterocycles. The number of hydrogen-bond donors (Lipinski definition) is 2. The molecule has 5 nitrogen and oxygen atoms in total. The molecule has 0 amide bonds. The Morgan fingerprint density at radius 1 is 1.50 bits per heavy atom. The molecule has 1 fully saturated rings. The van der Waals surface area contributed by atoms with Crippen molar-refractivity contribution in [2.24, 2.45) is 0 Å². The maximum Gasteiger partial charge on any atom is 0.241 e. The third-order valence-corrected chi connectivity index (χ3v) is 6.44. The quantitative estimate of drug-likeness (QED) is 0.736. The molecule has 2 rings (SSSR count). The number of ether oxygens (including phenoxy) is 1. The second kappa shape index (κ2) is 7.33. The lowest BCUT2D eigenvalue weighted by molar-refractivity contribution is 0.0367. The summed E-state index contributed by atoms with van der Waals surface area (Å²) < 4.78 is 33.3. The molecule has 0 spiro atoms. The van der Waals surface area contributed by atoms with Crippen molar-refractivity contribution in [1.82, 2.24) is 10.0 Å². The highest BCUT2D eigenvalue weighted by Crippen LogP contribution is 2.29. The first kappa shape index (κ1) is 16.4. The van der Waals surface area contributed by atoms with Crippen molar-refractivity contribution in [3.8, 4) is 0 Å². The predicted octanol–water partition coefficient (Wildman–Crippen LogP) is 1.87. The standard InChI is InChI=1S/C12H19BrN2O3S2/c1-9-11(8-12(13)19-9)20(16,17)15-6-7-18-10-2-4-14-5-3-10/h8,10,14-15H,2-7H2,1H3. The van der Waals surface area contributed by atoms with Gasteiger partial charge in [-0.2, -0.15) is 0 Å². The molecule has 1 aromatic heterocycles. The number of rotatable bonds is 6. The molecular formula is C12H19BrN2O3S2. The maximum atomic E-state index is 12.1. The van der Waals surface area contributed by atoms with Crippen LogP contribution in [0.5, 0.6) is 0 Å². The molecule has 0 radical (unpaired) electrons. The minimum atomic E-state index is -3.44. The Morgan fingerprint density at radius 3 is 2.80 bits per heavy atom. The Balaban J connectivity index is 1.79. The van der Waals surface area contributed by atoms with E-state index in [1.54, 1.807) is 13.0 Å². The largest absolute Gasteiger partial charge is 0.377 e. The molecule has 0 aliphatic carbocycles. The van der Waals surface area contributed by atoms with E-state index in [1.807, 2.05) is 0 Å². The fraction of sp³-hybridized carbons (Fsp3) is 0.667. The molecule has 0 bridgehead atoms. The molecule has 1 aromatic rings. The number of aryl methyl sites for hydroxylation is 1. The van der Waals surface area contributed by atoms with Gasteiger partial charge in [-0.25, -0.2) is 13.1 Å². The van der Waals surface area contributed by atoms with Crippen molar-refractivity contribution in [1.29, 1.82) is 0 Å². The van der Waals surface area contributed by atoms with Crippen molar-refractivity contribution in [2.75, 3.05) is 26.2 Å². The van der Waals surface area contributed by atoms with Crippen LogP contribution in [-0.4, -0.2) is 40.8 Å². The van der Waals surface area contributed by atoms with Crippen LogP contribution in [0.4, 0.5) is 0 Å². The second-order valence-electron chi connectivity index (χ2n) is 4.69. The van der Waals surface area contributed by atoms with Gasteiger partial charge in [-0.15, -0.1) is 11.3 Å². The van der Waals surface area contributed by atoms with Crippen LogP contribution >= 0.6 is 27.3 Å². The molecule has 0 aromatic carbocycles. The SMILES string of the molecule is Cc1sc(Br)cc1S(=O)(=O)NCCOC1CCNCC1. The summed E-state index contributed by atoms with van der Waals surface area (Å²) in [7, 11) is -3.44. The van der Waals surface area contributed by atoms with Gasteiger partial charge < -0.3 is 10.1 Å². The zero-order chi connectivity index (χ0) is 14.6. The van der Waals surface area contributed by atoms with Crippen LogP contribution < -0.4 is 10.0 Å². The van der Waals surface area contributed by atoms with Crippen LogP contribution in [-0.2, 0) is 14.8 Å². The van der Waals surface area contributed by atoms with Crippen LogP contribution in [0.2, 0.25) is 0 Å². The van der Waals surface area contributed by atoms with Crippen LogP contribution in [0, 0.1) is 6.92 Å². The van der Waals surface area contributed by atoms with Crippen molar-refractivity contribution < 1.29 is 13.2 Å². The highest BCUT2D eigenvalue weighted by molar-refractivity contribution is 9.11. The number of halogens is 1. The lowest BCUT2D eigenvalue weighted by Crippen LogP contribution is -2.34. The number of hydrogen-bond acceptors (Lipinski definition) is 5. The summed E-state index contributed by atoms with van der Waals surface area (Å²) in [5.74, 6) is 0. The lowest BCUT2D eigenvalue weighted by Gasteiger charge is -2.22. The number of sulfonamides is 1. The average molecular weight is 383 g/mol. The second-order valence-corrected chi connectivity index (χ2v) is 9.06. The molecule has 1 aliphatic heterocycles. The van der Waals surface area contributed by atoms with Gasteiger partial charge in [0.25, 0.3) is 0 Å². The molecule has 2 heterocycles. The van der Waals surface area contributed by atoms with Crippen molar-refractivity contribution in [3.05, 3.63) is 14.7 Å². The minimum Gasteiger partial charge on any atom is -0.377 e. The van der Waals surface area contributed by atoms with Crippen molar-refractivity contribution in [2.45, 2.75) is 30.8 Å². The van der Waals surface area contributed by atoms with Gasteiger partial charge in [-0.3, -0.25) is 0 Å². The summed E-state index contributed by atoms with van der Waals surface area (Å²) in [5.41, 5.74) is 0. The van der Waals surface area contributed by atoms with Gasteiger partial charge in [-0.05, 0) is 54.9 Å². The topological polar surface area (TPSA) is 67.4 Å². The Labute approximate surface area is 132 Å². The van der Waals surface area contributed by atoms with E-state index in [2.05, 4.69) is 26.0 Å². The minimum absolute atomic E-state index is 0.248. The Kier molecular flexibility index (Phi) is 6.00. The summed E-state index contributed by atoms with van der Waals surface area (Å²) >= 11 is 4.72. The summed E-state index contributed by atoms with van der Waals surface area (Å²) in [6, 6.07) is 1.63. The Hall–Kier alpha value is 0.01000. The van der Waals surface area contributed by atoms with E-state index in [0.717, 1.165) is 34.6 Å². The molecular weight excluding hydrogens is 364 g/mol. The first-order valence-electron chi connectivity index (χ1n) is 6.57. The number of piperidine rings is 1. The summed E-state index contributed by atoms with van der Waals surface area (Å²) in [5, 5.41) is 3.26. The van der Waals surface area contributed by atoms with E-state index in [-0.39, 0.29) is 6.10 Å². The van der Waals surface area contributed by atoms with Gasteiger partial charge in [0.1, 0.15) is 0 Å². The third-order valence-electron chi connectivity index (χ3n) is 3.17. The highest BCUT2D eigenvalue weighted by atomic mass is 79.9. The third kappa shape index (κ3) is 4.51. The zero-order valence-corrected chi connectivity index (χ0v) is 14.5. The van der Waals surface area contributed by atoms with Crippen molar-refractivity contribution >= 4 is 37.3 Å². The van der Waals surface area contributed by atoms with E-state index < -0.39 is 10.0 Å². The normalized spacial score (nSPS) is 17.5. The summed E-state index contributed by atoms with van der Waals surface area (Å²) in [4.78, 5) is 1.12. The smallest absolute Gasteiger partial charge is 0.241 e. The van der Waals surface area contributed by atoms with Crippen molar-refractivity contribution in [3.63, 3.8) is 0 Å². The monoisotopic (exact) mass is 382 g/mol. The molecule has 2 N–H and O–H groups in total. The maximum absolute atomic E-state index is 12.1. The van der Waals surface area contributed by atoms with Crippen LogP contribution in [0.3, 0.4) is 0 Å². The zero-order valence-electron chi connectivity index (χ0n) is 11.3. The molecule has 8 heteroatoms. The number of nitrogens with one attached hydrogen (secondary N) is 2. The molecule has 114 valence electrons. The van der Waals surface area contributed by atoms with Gasteiger partial charge in [0, 0.05) is 11.4 Å². The van der Waals surface area contributed by atoms with Gasteiger partial charge in [0.2, 0.25) is 10.0 Å².